The summed E-state index contributed by atoms with van der Waals surface area (Å²) in [4.78, 5) is 59.6. The molecule has 0 radical (unpaired) electrons. The van der Waals surface area contributed by atoms with E-state index in [1.807, 2.05) is 0 Å². The topological polar surface area (TPSA) is 121 Å². The Kier molecular flexibility index (Phi) is 4.60. The highest BCUT2D eigenvalue weighted by Gasteiger charge is 2.32. The Hall–Kier alpha value is -3.03. The summed E-state index contributed by atoms with van der Waals surface area (Å²) < 4.78 is 0. The summed E-state index contributed by atoms with van der Waals surface area (Å²) in [5.41, 5.74) is 0.702. The van der Waals surface area contributed by atoms with Gasteiger partial charge in [-0.2, -0.15) is 0 Å². The first-order chi connectivity index (χ1) is 11.9. The van der Waals surface area contributed by atoms with Crippen LogP contribution in [-0.2, 0) is 19.2 Å². The Balaban J connectivity index is 1.64. The molecular weight excluding hydrogens is 326 g/mol. The van der Waals surface area contributed by atoms with Gasteiger partial charge in [-0.15, -0.1) is 0 Å². The van der Waals surface area contributed by atoms with E-state index in [1.54, 1.807) is 24.3 Å². The lowest BCUT2D eigenvalue weighted by Gasteiger charge is -2.22. The summed E-state index contributed by atoms with van der Waals surface area (Å²) in [6.45, 7) is 0. The molecule has 1 unspecified atom stereocenters. The first-order valence-corrected chi connectivity index (χ1v) is 7.98. The van der Waals surface area contributed by atoms with Crippen LogP contribution >= 0.6 is 0 Å². The molecule has 1 saturated carbocycles. The number of carbonyl (C=O) groups is 5. The molecule has 3 rings (SSSR count). The van der Waals surface area contributed by atoms with Crippen LogP contribution in [0.2, 0.25) is 0 Å². The number of ketones is 2. The number of para-hydroxylation sites is 1. The zero-order valence-electron chi connectivity index (χ0n) is 13.3. The number of hydrogen-bond donors (Lipinski definition) is 3. The van der Waals surface area contributed by atoms with Crippen molar-refractivity contribution in [3.63, 3.8) is 0 Å². The maximum absolute atomic E-state index is 12.2. The molecule has 3 amide bonds. The average molecular weight is 343 g/mol. The van der Waals surface area contributed by atoms with E-state index in [0.29, 0.717) is 11.3 Å². The summed E-state index contributed by atoms with van der Waals surface area (Å²) in [6.07, 6.45) is 0.0366. The van der Waals surface area contributed by atoms with Crippen molar-refractivity contribution < 1.29 is 24.0 Å². The lowest BCUT2D eigenvalue weighted by molar-refractivity contribution is -0.134. The number of rotatable bonds is 3. The van der Waals surface area contributed by atoms with Gasteiger partial charge in [-0.3, -0.25) is 24.0 Å². The zero-order valence-corrected chi connectivity index (χ0v) is 13.3. The minimum Gasteiger partial charge on any atom is -0.346 e. The summed E-state index contributed by atoms with van der Waals surface area (Å²) in [7, 11) is 0. The minimum atomic E-state index is -1.04. The van der Waals surface area contributed by atoms with Crippen LogP contribution in [0.1, 0.15) is 36.0 Å². The molecule has 0 spiro atoms. The Morgan fingerprint density at radius 2 is 1.92 bits per heavy atom. The SMILES string of the molecule is O=C1CCC(NC(=O)C[C@@H]2NC(=O)c3ccccc3NC2=O)C(=O)C1. The number of benzene rings is 1. The molecule has 1 aromatic carbocycles. The molecule has 25 heavy (non-hydrogen) atoms. The van der Waals surface area contributed by atoms with Crippen molar-refractivity contribution in [1.29, 1.82) is 0 Å². The van der Waals surface area contributed by atoms with Crippen molar-refractivity contribution in [3.8, 4) is 0 Å². The van der Waals surface area contributed by atoms with Gasteiger partial charge in [0.25, 0.3) is 5.91 Å². The molecule has 2 aliphatic rings. The molecule has 0 saturated heterocycles. The van der Waals surface area contributed by atoms with Crippen LogP contribution in [0.3, 0.4) is 0 Å². The number of nitrogens with one attached hydrogen (secondary N) is 3. The Labute approximate surface area is 143 Å². The van der Waals surface area contributed by atoms with Crippen LogP contribution in [0.4, 0.5) is 5.69 Å². The Morgan fingerprint density at radius 1 is 1.16 bits per heavy atom. The summed E-state index contributed by atoms with van der Waals surface area (Å²) >= 11 is 0. The van der Waals surface area contributed by atoms with E-state index >= 15 is 0 Å². The number of amides is 3. The number of Topliss-reactive ketones (excluding diaryl/α,β-unsaturated/α-hetero) is 2. The summed E-state index contributed by atoms with van der Waals surface area (Å²) in [5, 5.41) is 7.67. The second-order valence-electron chi connectivity index (χ2n) is 6.11. The monoisotopic (exact) mass is 343 g/mol. The molecule has 0 bridgehead atoms. The zero-order chi connectivity index (χ0) is 18.0. The molecule has 2 atom stereocenters. The highest BCUT2D eigenvalue weighted by molar-refractivity contribution is 6.11. The van der Waals surface area contributed by atoms with E-state index < -0.39 is 29.8 Å². The maximum atomic E-state index is 12.2. The van der Waals surface area contributed by atoms with Crippen LogP contribution in [-0.4, -0.2) is 41.4 Å². The standard InChI is InChI=1S/C17H17N3O5/c21-9-5-6-12(14(22)7-9)18-15(23)8-13-17(25)19-11-4-2-1-3-10(11)16(24)20-13/h1-4,12-13H,5-8H2,(H,18,23)(H,19,25)(H,20,24)/t12?,13-/m0/s1. The molecule has 1 aliphatic heterocycles. The molecule has 130 valence electrons. The lowest BCUT2D eigenvalue weighted by atomic mass is 9.93. The predicted molar refractivity (Wildman–Crippen MR) is 86.7 cm³/mol. The fourth-order valence-corrected chi connectivity index (χ4v) is 2.92. The van der Waals surface area contributed by atoms with Gasteiger partial charge in [0.15, 0.2) is 5.78 Å². The van der Waals surface area contributed by atoms with Crippen molar-refractivity contribution in [2.45, 2.75) is 37.8 Å². The van der Waals surface area contributed by atoms with Gasteiger partial charge in [-0.25, -0.2) is 0 Å². The number of carbonyl (C=O) groups excluding carboxylic acids is 5. The third-order valence-electron chi connectivity index (χ3n) is 4.25. The van der Waals surface area contributed by atoms with Crippen molar-refractivity contribution in [1.82, 2.24) is 10.6 Å². The van der Waals surface area contributed by atoms with Crippen molar-refractivity contribution in [2.75, 3.05) is 5.32 Å². The highest BCUT2D eigenvalue weighted by atomic mass is 16.2. The summed E-state index contributed by atoms with van der Waals surface area (Å²) in [6, 6.07) is 4.79. The molecule has 8 heteroatoms. The first kappa shape index (κ1) is 16.8. The lowest BCUT2D eigenvalue weighted by Crippen LogP contribution is -2.49. The largest absolute Gasteiger partial charge is 0.346 e. The molecule has 1 aromatic rings. The third kappa shape index (κ3) is 3.73. The number of fused-ring (bicyclic) bond motifs is 1. The highest BCUT2D eigenvalue weighted by Crippen LogP contribution is 2.19. The Bertz CT molecular complexity index is 773. The smallest absolute Gasteiger partial charge is 0.254 e. The quantitative estimate of drug-likeness (QED) is 0.664. The molecule has 1 heterocycles. The van der Waals surface area contributed by atoms with Gasteiger partial charge in [0.2, 0.25) is 11.8 Å². The van der Waals surface area contributed by atoms with Gasteiger partial charge in [0.05, 0.1) is 30.1 Å². The van der Waals surface area contributed by atoms with Crippen LogP contribution in [0.15, 0.2) is 24.3 Å². The second kappa shape index (κ2) is 6.84. The van der Waals surface area contributed by atoms with Crippen LogP contribution < -0.4 is 16.0 Å². The molecule has 1 aliphatic carbocycles. The van der Waals surface area contributed by atoms with Gasteiger partial charge in [-0.05, 0) is 18.6 Å². The predicted octanol–water partition coefficient (Wildman–Crippen LogP) is -0.0659. The molecule has 1 fully saturated rings. The van der Waals surface area contributed by atoms with Crippen LogP contribution in [0.5, 0.6) is 0 Å². The average Bonchev–Trinajstić information content (AvgIpc) is 2.68. The van der Waals surface area contributed by atoms with Crippen molar-refractivity contribution >= 4 is 35.0 Å². The van der Waals surface area contributed by atoms with Crippen molar-refractivity contribution in [3.05, 3.63) is 29.8 Å². The van der Waals surface area contributed by atoms with Gasteiger partial charge >= 0.3 is 0 Å². The molecular formula is C17H17N3O5. The fourth-order valence-electron chi connectivity index (χ4n) is 2.92. The van der Waals surface area contributed by atoms with Gasteiger partial charge in [-0.1, -0.05) is 12.1 Å². The van der Waals surface area contributed by atoms with E-state index in [1.165, 1.54) is 0 Å². The number of hydrogen-bond acceptors (Lipinski definition) is 5. The molecule has 3 N–H and O–H groups in total. The molecule has 0 aromatic heterocycles. The maximum Gasteiger partial charge on any atom is 0.254 e. The van der Waals surface area contributed by atoms with Crippen molar-refractivity contribution in [2.24, 2.45) is 0 Å². The third-order valence-corrected chi connectivity index (χ3v) is 4.25. The van der Waals surface area contributed by atoms with E-state index in [4.69, 9.17) is 0 Å². The minimum absolute atomic E-state index is 0.135. The second-order valence-corrected chi connectivity index (χ2v) is 6.11. The van der Waals surface area contributed by atoms with E-state index in [9.17, 15) is 24.0 Å². The Morgan fingerprint density at radius 3 is 2.68 bits per heavy atom. The normalized spacial score (nSPS) is 23.2. The van der Waals surface area contributed by atoms with Gasteiger partial charge in [0.1, 0.15) is 11.8 Å². The van der Waals surface area contributed by atoms with E-state index in [0.717, 1.165) is 0 Å². The van der Waals surface area contributed by atoms with Crippen LogP contribution in [0, 0.1) is 0 Å². The fraction of sp³-hybridized carbons (Fsp3) is 0.353. The van der Waals surface area contributed by atoms with E-state index in [-0.39, 0.29) is 37.2 Å². The summed E-state index contributed by atoms with van der Waals surface area (Å²) in [5.74, 6) is -1.95. The number of anilines is 1. The first-order valence-electron chi connectivity index (χ1n) is 7.98. The van der Waals surface area contributed by atoms with Crippen LogP contribution in [0.25, 0.3) is 0 Å². The van der Waals surface area contributed by atoms with Gasteiger partial charge < -0.3 is 16.0 Å². The molecule has 8 nitrogen and oxygen atoms in total. The van der Waals surface area contributed by atoms with Gasteiger partial charge in [0, 0.05) is 6.42 Å². The van der Waals surface area contributed by atoms with E-state index in [2.05, 4.69) is 16.0 Å².